The second-order valence-corrected chi connectivity index (χ2v) is 9.92. The van der Waals surface area contributed by atoms with E-state index in [1.165, 1.54) is 11.1 Å². The van der Waals surface area contributed by atoms with Crippen molar-refractivity contribution < 1.29 is 4.79 Å². The van der Waals surface area contributed by atoms with Crippen molar-refractivity contribution in [3.63, 3.8) is 0 Å². The molecule has 4 aromatic rings. The highest BCUT2D eigenvalue weighted by Crippen LogP contribution is 2.32. The van der Waals surface area contributed by atoms with Gasteiger partial charge in [-0.15, -0.1) is 0 Å². The molecule has 0 saturated carbocycles. The minimum atomic E-state index is -0.116. The Hall–Kier alpha value is -3.22. The molecule has 0 N–H and O–H groups in total. The van der Waals surface area contributed by atoms with Crippen LogP contribution >= 0.6 is 28.1 Å². The van der Waals surface area contributed by atoms with Gasteiger partial charge < -0.3 is 9.47 Å². The van der Waals surface area contributed by atoms with E-state index in [-0.39, 0.29) is 5.91 Å². The van der Waals surface area contributed by atoms with Gasteiger partial charge in [0.1, 0.15) is 5.70 Å². The fourth-order valence-corrected chi connectivity index (χ4v) is 4.97. The van der Waals surface area contributed by atoms with Gasteiger partial charge in [0.2, 0.25) is 0 Å². The number of rotatable bonds is 4. The number of hydrogen-bond donors (Lipinski definition) is 0. The van der Waals surface area contributed by atoms with Crippen molar-refractivity contribution in [2.75, 3.05) is 11.9 Å². The molecule has 1 amide bonds. The van der Waals surface area contributed by atoms with Crippen molar-refractivity contribution >= 4 is 61.8 Å². The normalized spacial score (nSPS) is 15.2. The van der Waals surface area contributed by atoms with E-state index < -0.39 is 0 Å². The molecule has 0 unspecified atom stereocenters. The van der Waals surface area contributed by atoms with Crippen molar-refractivity contribution in [2.45, 2.75) is 20.4 Å². The van der Waals surface area contributed by atoms with E-state index in [4.69, 9.17) is 12.2 Å². The van der Waals surface area contributed by atoms with Crippen LogP contribution in [0.25, 0.3) is 17.0 Å². The number of likely N-dealkylation sites (N-methyl/N-ethyl adjacent to an activating group) is 1. The quantitative estimate of drug-likeness (QED) is 0.218. The maximum absolute atomic E-state index is 13.5. The molecular weight excluding hydrogens is 506 g/mol. The van der Waals surface area contributed by atoms with E-state index >= 15 is 0 Å². The zero-order valence-electron chi connectivity index (χ0n) is 19.2. The van der Waals surface area contributed by atoms with Crippen molar-refractivity contribution in [1.82, 2.24) is 9.47 Å². The summed E-state index contributed by atoms with van der Waals surface area (Å²) in [5.74, 6) is -0.116. The number of hydrogen-bond acceptors (Lipinski definition) is 2. The van der Waals surface area contributed by atoms with E-state index in [0.29, 0.717) is 10.8 Å². The van der Waals surface area contributed by atoms with Crippen LogP contribution in [0.5, 0.6) is 0 Å². The highest BCUT2D eigenvalue weighted by Gasteiger charge is 2.37. The molecule has 0 aliphatic carbocycles. The number of thiocarbonyl (C=S) groups is 1. The Kier molecular flexibility index (Phi) is 5.88. The summed E-state index contributed by atoms with van der Waals surface area (Å²) in [6.45, 7) is 4.85. The zero-order valence-corrected chi connectivity index (χ0v) is 21.7. The Morgan fingerprint density at radius 2 is 1.74 bits per heavy atom. The van der Waals surface area contributed by atoms with Crippen molar-refractivity contribution in [3.8, 4) is 0 Å². The summed E-state index contributed by atoms with van der Waals surface area (Å²) in [5.41, 5.74) is 6.97. The molecule has 1 saturated heterocycles. The molecule has 0 bridgehead atoms. The molecule has 5 rings (SSSR count). The summed E-state index contributed by atoms with van der Waals surface area (Å²) in [6.07, 6.45) is 4.06. The number of carbonyl (C=O) groups is 1. The molecule has 1 aliphatic heterocycles. The van der Waals surface area contributed by atoms with Gasteiger partial charge >= 0.3 is 0 Å². The zero-order chi connectivity index (χ0) is 24.0. The molecule has 0 atom stereocenters. The van der Waals surface area contributed by atoms with Crippen LogP contribution in [-0.2, 0) is 11.3 Å². The second kappa shape index (κ2) is 8.85. The number of nitrogens with zero attached hydrogens (tertiary/aromatic N) is 3. The van der Waals surface area contributed by atoms with Crippen molar-refractivity contribution in [3.05, 3.63) is 105 Å². The average Bonchev–Trinajstić information content (AvgIpc) is 3.25. The van der Waals surface area contributed by atoms with Crippen LogP contribution in [0.1, 0.15) is 22.3 Å². The molecule has 0 radical (unpaired) electrons. The van der Waals surface area contributed by atoms with E-state index in [2.05, 4.69) is 70.0 Å². The first-order chi connectivity index (χ1) is 16.3. The second-order valence-electron chi connectivity index (χ2n) is 8.64. The standard InChI is InChI=1S/C28H24BrN3OS/c1-18-9-11-23(13-19(18)2)32-27(33)26(30(3)28(32)34)14-21-17-31(16-20-7-5-4-6-8-20)25-12-10-22(29)15-24(21)25/h4-15,17H,16H2,1-3H3/b26-14-. The Morgan fingerprint density at radius 1 is 0.971 bits per heavy atom. The predicted molar refractivity (Wildman–Crippen MR) is 147 cm³/mol. The molecule has 170 valence electrons. The number of anilines is 1. The number of amides is 1. The maximum atomic E-state index is 13.5. The fraction of sp³-hybridized carbons (Fsp3) is 0.143. The Labute approximate surface area is 213 Å². The van der Waals surface area contributed by atoms with Gasteiger partial charge in [-0.2, -0.15) is 0 Å². The van der Waals surface area contributed by atoms with Crippen LogP contribution in [0, 0.1) is 13.8 Å². The lowest BCUT2D eigenvalue weighted by Gasteiger charge is -2.17. The smallest absolute Gasteiger partial charge is 0.281 e. The van der Waals surface area contributed by atoms with Crippen LogP contribution in [-0.4, -0.2) is 27.5 Å². The summed E-state index contributed by atoms with van der Waals surface area (Å²) in [4.78, 5) is 17.0. The number of carbonyl (C=O) groups excluding carboxylic acids is 1. The van der Waals surface area contributed by atoms with E-state index in [9.17, 15) is 4.79 Å². The van der Waals surface area contributed by atoms with Crippen LogP contribution in [0.4, 0.5) is 5.69 Å². The van der Waals surface area contributed by atoms with Gasteiger partial charge in [0.25, 0.3) is 5.91 Å². The SMILES string of the molecule is Cc1ccc(N2C(=O)/C(=C/c3cn(Cc4ccccc4)c4ccc(Br)cc34)N(C)C2=S)cc1C. The summed E-state index contributed by atoms with van der Waals surface area (Å²) < 4.78 is 3.22. The molecule has 34 heavy (non-hydrogen) atoms. The fourth-order valence-electron chi connectivity index (χ4n) is 4.32. The van der Waals surface area contributed by atoms with Gasteiger partial charge in [-0.3, -0.25) is 9.69 Å². The average molecular weight is 530 g/mol. The van der Waals surface area contributed by atoms with Gasteiger partial charge in [0, 0.05) is 40.7 Å². The number of aromatic nitrogens is 1. The van der Waals surface area contributed by atoms with Crippen LogP contribution < -0.4 is 4.90 Å². The third-order valence-electron chi connectivity index (χ3n) is 6.37. The van der Waals surface area contributed by atoms with Crippen LogP contribution in [0.15, 0.2) is 83.1 Å². The third kappa shape index (κ3) is 3.97. The molecule has 2 heterocycles. The monoisotopic (exact) mass is 529 g/mol. The highest BCUT2D eigenvalue weighted by molar-refractivity contribution is 9.10. The molecular formula is C28H24BrN3OS. The number of aryl methyl sites for hydroxylation is 2. The predicted octanol–water partition coefficient (Wildman–Crippen LogP) is 6.67. The maximum Gasteiger partial charge on any atom is 0.281 e. The molecule has 4 nitrogen and oxygen atoms in total. The minimum absolute atomic E-state index is 0.116. The molecule has 0 spiro atoms. The lowest BCUT2D eigenvalue weighted by atomic mass is 10.1. The van der Waals surface area contributed by atoms with Crippen molar-refractivity contribution in [2.24, 2.45) is 0 Å². The molecule has 6 heteroatoms. The van der Waals surface area contributed by atoms with Gasteiger partial charge in [-0.05, 0) is 79.2 Å². The van der Waals surface area contributed by atoms with E-state index in [0.717, 1.165) is 38.7 Å². The van der Waals surface area contributed by atoms with E-state index in [1.807, 2.05) is 50.4 Å². The molecule has 3 aromatic carbocycles. The first-order valence-corrected chi connectivity index (χ1v) is 12.3. The molecule has 1 aromatic heterocycles. The summed E-state index contributed by atoms with van der Waals surface area (Å²) in [7, 11) is 1.85. The first kappa shape index (κ1) is 22.6. The van der Waals surface area contributed by atoms with Crippen LogP contribution in [0.2, 0.25) is 0 Å². The van der Waals surface area contributed by atoms with E-state index in [1.54, 1.807) is 9.80 Å². The number of fused-ring (bicyclic) bond motifs is 1. The Morgan fingerprint density at radius 3 is 2.47 bits per heavy atom. The summed E-state index contributed by atoms with van der Waals surface area (Å²) >= 11 is 9.28. The lowest BCUT2D eigenvalue weighted by Crippen LogP contribution is -2.31. The summed E-state index contributed by atoms with van der Waals surface area (Å²) in [5, 5.41) is 1.56. The third-order valence-corrected chi connectivity index (χ3v) is 7.32. The topological polar surface area (TPSA) is 28.5 Å². The van der Waals surface area contributed by atoms with Gasteiger partial charge in [0.05, 0.1) is 5.69 Å². The minimum Gasteiger partial charge on any atom is -0.342 e. The van der Waals surface area contributed by atoms with Gasteiger partial charge in [-0.1, -0.05) is 52.3 Å². The number of benzene rings is 3. The molecule has 1 fully saturated rings. The van der Waals surface area contributed by atoms with Crippen molar-refractivity contribution in [1.29, 1.82) is 0 Å². The lowest BCUT2D eigenvalue weighted by molar-refractivity contribution is -0.114. The van der Waals surface area contributed by atoms with Gasteiger partial charge in [0.15, 0.2) is 5.11 Å². The Balaban J connectivity index is 1.58. The largest absolute Gasteiger partial charge is 0.342 e. The highest BCUT2D eigenvalue weighted by atomic mass is 79.9. The van der Waals surface area contributed by atoms with Gasteiger partial charge in [-0.25, -0.2) is 0 Å². The Bertz CT molecular complexity index is 1470. The number of halogens is 1. The van der Waals surface area contributed by atoms with Crippen LogP contribution in [0.3, 0.4) is 0 Å². The molecule has 1 aliphatic rings. The summed E-state index contributed by atoms with van der Waals surface area (Å²) in [6, 6.07) is 22.6. The first-order valence-electron chi connectivity index (χ1n) is 11.1.